The summed E-state index contributed by atoms with van der Waals surface area (Å²) in [6, 6.07) is 9.45. The van der Waals surface area contributed by atoms with E-state index in [1.54, 1.807) is 12.1 Å². The first-order valence-electron chi connectivity index (χ1n) is 7.56. The number of ether oxygens (including phenoxy) is 1. The van der Waals surface area contributed by atoms with Crippen molar-refractivity contribution in [2.75, 3.05) is 0 Å². The maximum atomic E-state index is 12.7. The summed E-state index contributed by atoms with van der Waals surface area (Å²) in [5.41, 5.74) is -0.641. The van der Waals surface area contributed by atoms with Crippen molar-refractivity contribution in [3.05, 3.63) is 71.9 Å². The van der Waals surface area contributed by atoms with Crippen LogP contribution in [0.2, 0.25) is 0 Å². The van der Waals surface area contributed by atoms with Crippen LogP contribution in [0.1, 0.15) is 21.8 Å². The Morgan fingerprint density at radius 2 is 2.08 bits per heavy atom. The van der Waals surface area contributed by atoms with Gasteiger partial charge in [0.25, 0.3) is 5.91 Å². The number of benzene rings is 1. The summed E-state index contributed by atoms with van der Waals surface area (Å²) in [4.78, 5) is 12.0. The number of rotatable bonds is 6. The van der Waals surface area contributed by atoms with Gasteiger partial charge in [-0.15, -0.1) is 0 Å². The van der Waals surface area contributed by atoms with E-state index in [0.29, 0.717) is 5.76 Å². The summed E-state index contributed by atoms with van der Waals surface area (Å²) in [7, 11) is 0. The number of hydrogen-bond donors (Lipinski definition) is 1. The smallest absolute Gasteiger partial charge is 0.416 e. The minimum absolute atomic E-state index is 0.0548. The van der Waals surface area contributed by atoms with E-state index in [2.05, 4.69) is 10.4 Å². The summed E-state index contributed by atoms with van der Waals surface area (Å²) < 4.78 is 49.7. The molecule has 0 atom stereocenters. The Balaban J connectivity index is 1.56. The number of carbonyl (C=O) groups is 1. The molecule has 26 heavy (non-hydrogen) atoms. The van der Waals surface area contributed by atoms with Gasteiger partial charge in [-0.1, -0.05) is 6.07 Å². The van der Waals surface area contributed by atoms with E-state index in [1.807, 2.05) is 0 Å². The number of amides is 1. The zero-order valence-corrected chi connectivity index (χ0v) is 13.4. The van der Waals surface area contributed by atoms with Crippen LogP contribution in [0, 0.1) is 0 Å². The van der Waals surface area contributed by atoms with Gasteiger partial charge in [0.15, 0.2) is 6.73 Å². The lowest BCUT2D eigenvalue weighted by Gasteiger charge is -2.10. The lowest BCUT2D eigenvalue weighted by molar-refractivity contribution is -0.137. The SMILES string of the molecule is O=C(NCc1ccco1)c1ccn(COc2cccc(C(F)(F)F)c2)n1. The van der Waals surface area contributed by atoms with Gasteiger partial charge in [0.05, 0.1) is 18.4 Å². The molecule has 1 N–H and O–H groups in total. The second-order valence-corrected chi connectivity index (χ2v) is 5.30. The molecule has 0 spiro atoms. The first-order chi connectivity index (χ1) is 12.4. The van der Waals surface area contributed by atoms with E-state index >= 15 is 0 Å². The molecule has 136 valence electrons. The third kappa shape index (κ3) is 4.44. The molecule has 3 aromatic rings. The molecule has 0 aliphatic rings. The molecule has 6 nitrogen and oxygen atoms in total. The average molecular weight is 365 g/mol. The highest BCUT2D eigenvalue weighted by atomic mass is 19.4. The highest BCUT2D eigenvalue weighted by molar-refractivity contribution is 5.92. The number of nitrogens with zero attached hydrogens (tertiary/aromatic N) is 2. The van der Waals surface area contributed by atoms with Crippen LogP contribution in [0.4, 0.5) is 13.2 Å². The van der Waals surface area contributed by atoms with Gasteiger partial charge < -0.3 is 14.5 Å². The van der Waals surface area contributed by atoms with Crippen LogP contribution in [0.15, 0.2) is 59.3 Å². The fourth-order valence-corrected chi connectivity index (χ4v) is 2.13. The summed E-state index contributed by atoms with van der Waals surface area (Å²) >= 11 is 0. The molecule has 0 saturated heterocycles. The monoisotopic (exact) mass is 365 g/mol. The maximum Gasteiger partial charge on any atom is 0.416 e. The van der Waals surface area contributed by atoms with Gasteiger partial charge in [0, 0.05) is 6.20 Å². The predicted octanol–water partition coefficient (Wildman–Crippen LogP) is 3.46. The fourth-order valence-electron chi connectivity index (χ4n) is 2.13. The first kappa shape index (κ1) is 17.6. The van der Waals surface area contributed by atoms with Gasteiger partial charge in [0.1, 0.15) is 17.2 Å². The van der Waals surface area contributed by atoms with E-state index in [4.69, 9.17) is 9.15 Å². The maximum absolute atomic E-state index is 12.7. The molecule has 2 heterocycles. The summed E-state index contributed by atoms with van der Waals surface area (Å²) in [6.07, 6.45) is -1.44. The van der Waals surface area contributed by atoms with E-state index in [9.17, 15) is 18.0 Å². The van der Waals surface area contributed by atoms with Crippen molar-refractivity contribution in [1.82, 2.24) is 15.1 Å². The Bertz CT molecular complexity index is 873. The number of alkyl halides is 3. The second-order valence-electron chi connectivity index (χ2n) is 5.30. The van der Waals surface area contributed by atoms with Crippen LogP contribution in [-0.4, -0.2) is 15.7 Å². The normalized spacial score (nSPS) is 11.3. The number of aromatic nitrogens is 2. The van der Waals surface area contributed by atoms with Gasteiger partial charge >= 0.3 is 6.18 Å². The Kier molecular flexibility index (Phi) is 4.97. The quantitative estimate of drug-likeness (QED) is 0.726. The molecule has 1 amide bonds. The molecular weight excluding hydrogens is 351 g/mol. The Morgan fingerprint density at radius 3 is 2.81 bits per heavy atom. The average Bonchev–Trinajstić information content (AvgIpc) is 3.29. The number of carbonyl (C=O) groups excluding carboxylic acids is 1. The van der Waals surface area contributed by atoms with Gasteiger partial charge in [-0.3, -0.25) is 4.79 Å². The van der Waals surface area contributed by atoms with Gasteiger partial charge in [-0.25, -0.2) is 4.68 Å². The largest absolute Gasteiger partial charge is 0.471 e. The Labute approximate surface area is 146 Å². The number of hydrogen-bond acceptors (Lipinski definition) is 4. The standard InChI is InChI=1S/C17H14F3N3O3/c18-17(19,20)12-3-1-4-13(9-12)26-11-23-7-6-15(22-23)16(24)21-10-14-5-2-8-25-14/h1-9H,10-11H2,(H,21,24). The summed E-state index contributed by atoms with van der Waals surface area (Å²) in [5, 5.41) is 6.66. The van der Waals surface area contributed by atoms with Gasteiger partial charge in [-0.05, 0) is 36.4 Å². The highest BCUT2D eigenvalue weighted by Gasteiger charge is 2.30. The molecule has 0 aliphatic carbocycles. The molecule has 0 bridgehead atoms. The van der Waals surface area contributed by atoms with Crippen LogP contribution >= 0.6 is 0 Å². The number of nitrogens with one attached hydrogen (secondary N) is 1. The molecule has 0 fully saturated rings. The summed E-state index contributed by atoms with van der Waals surface area (Å²) in [6.45, 7) is 0.0895. The van der Waals surface area contributed by atoms with Crippen molar-refractivity contribution in [3.63, 3.8) is 0 Å². The van der Waals surface area contributed by atoms with Gasteiger partial charge in [0.2, 0.25) is 0 Å². The topological polar surface area (TPSA) is 69.3 Å². The molecule has 2 aromatic heterocycles. The highest BCUT2D eigenvalue weighted by Crippen LogP contribution is 2.31. The van der Waals surface area contributed by atoms with E-state index in [1.165, 1.54) is 35.3 Å². The van der Waals surface area contributed by atoms with Crippen LogP contribution in [-0.2, 0) is 19.5 Å². The lowest BCUT2D eigenvalue weighted by atomic mass is 10.2. The van der Waals surface area contributed by atoms with Crippen LogP contribution < -0.4 is 10.1 Å². The van der Waals surface area contributed by atoms with Crippen molar-refractivity contribution < 1.29 is 27.1 Å². The van der Waals surface area contributed by atoms with Gasteiger partial charge in [-0.2, -0.15) is 18.3 Å². The molecule has 3 rings (SSSR count). The van der Waals surface area contributed by atoms with Crippen molar-refractivity contribution in [2.45, 2.75) is 19.5 Å². The lowest BCUT2D eigenvalue weighted by Crippen LogP contribution is -2.23. The molecule has 0 unspecified atom stereocenters. The van der Waals surface area contributed by atoms with Crippen molar-refractivity contribution in [1.29, 1.82) is 0 Å². The molecular formula is C17H14F3N3O3. The second kappa shape index (κ2) is 7.34. The fraction of sp³-hybridized carbons (Fsp3) is 0.176. The van der Waals surface area contributed by atoms with E-state index in [0.717, 1.165) is 12.1 Å². The number of furan rings is 1. The first-order valence-corrected chi connectivity index (χ1v) is 7.56. The van der Waals surface area contributed by atoms with Crippen molar-refractivity contribution in [3.8, 4) is 5.75 Å². The minimum atomic E-state index is -4.44. The Morgan fingerprint density at radius 1 is 1.23 bits per heavy atom. The third-order valence-electron chi connectivity index (χ3n) is 3.40. The predicted molar refractivity (Wildman–Crippen MR) is 84.2 cm³/mol. The van der Waals surface area contributed by atoms with E-state index < -0.39 is 17.6 Å². The zero-order valence-electron chi connectivity index (χ0n) is 13.4. The minimum Gasteiger partial charge on any atom is -0.471 e. The Hall–Kier alpha value is -3.23. The summed E-state index contributed by atoms with van der Waals surface area (Å²) in [5.74, 6) is 0.254. The zero-order chi connectivity index (χ0) is 18.6. The van der Waals surface area contributed by atoms with Crippen molar-refractivity contribution in [2.24, 2.45) is 0 Å². The van der Waals surface area contributed by atoms with E-state index in [-0.39, 0.29) is 24.7 Å². The van der Waals surface area contributed by atoms with Crippen LogP contribution in [0.3, 0.4) is 0 Å². The molecule has 0 aliphatic heterocycles. The molecule has 9 heteroatoms. The third-order valence-corrected chi connectivity index (χ3v) is 3.40. The van der Waals surface area contributed by atoms with Crippen LogP contribution in [0.25, 0.3) is 0 Å². The van der Waals surface area contributed by atoms with Crippen LogP contribution in [0.5, 0.6) is 5.75 Å². The number of halogens is 3. The molecule has 1 aromatic carbocycles. The van der Waals surface area contributed by atoms with Crippen molar-refractivity contribution >= 4 is 5.91 Å². The molecule has 0 radical (unpaired) electrons. The molecule has 0 saturated carbocycles.